The number of halogens is 1. The lowest BCUT2D eigenvalue weighted by Gasteiger charge is -2.21. The molecule has 0 atom stereocenters. The van der Waals surface area contributed by atoms with Crippen molar-refractivity contribution in [3.63, 3.8) is 0 Å². The zero-order valence-corrected chi connectivity index (χ0v) is 10.5. The average molecular weight is 228 g/mol. The van der Waals surface area contributed by atoms with Crippen LogP contribution in [0.3, 0.4) is 0 Å². The maximum absolute atomic E-state index is 6.09. The molecule has 15 heavy (non-hydrogen) atoms. The fourth-order valence-electron chi connectivity index (χ4n) is 1.15. The van der Waals surface area contributed by atoms with Crippen LogP contribution in [0.2, 0.25) is 5.02 Å². The summed E-state index contributed by atoms with van der Waals surface area (Å²) in [7, 11) is 3.92. The third-order valence-electron chi connectivity index (χ3n) is 2.46. The number of aromatic nitrogens is 1. The monoisotopic (exact) mass is 227 g/mol. The summed E-state index contributed by atoms with van der Waals surface area (Å²) in [6.45, 7) is 5.07. The summed E-state index contributed by atoms with van der Waals surface area (Å²) in [6.07, 6.45) is 0. The van der Waals surface area contributed by atoms with Gasteiger partial charge in [0.25, 0.3) is 0 Å². The van der Waals surface area contributed by atoms with Crippen molar-refractivity contribution in [1.82, 2.24) is 9.88 Å². The molecule has 0 amide bonds. The lowest BCUT2D eigenvalue weighted by molar-refractivity contribution is 0.263. The number of pyridine rings is 1. The molecule has 0 aliphatic carbocycles. The first kappa shape index (κ1) is 12.3. The summed E-state index contributed by atoms with van der Waals surface area (Å²) < 4.78 is 0. The molecule has 0 fully saturated rings. The molecule has 1 rings (SSSR count). The molecule has 0 saturated carbocycles. The number of nitrogens with zero attached hydrogens (tertiary/aromatic N) is 2. The van der Waals surface area contributed by atoms with E-state index in [-0.39, 0.29) is 0 Å². The summed E-state index contributed by atoms with van der Waals surface area (Å²) in [4.78, 5) is 6.63. The van der Waals surface area contributed by atoms with Crippen LogP contribution in [0, 0.1) is 0 Å². The summed E-state index contributed by atoms with van der Waals surface area (Å²) in [5, 5.41) is 3.73. The predicted octanol–water partition coefficient (Wildman–Crippen LogP) is 2.62. The Morgan fingerprint density at radius 3 is 2.67 bits per heavy atom. The van der Waals surface area contributed by atoms with Crippen LogP contribution >= 0.6 is 11.6 Å². The molecule has 0 spiro atoms. The van der Waals surface area contributed by atoms with Crippen molar-refractivity contribution in [2.24, 2.45) is 0 Å². The van der Waals surface area contributed by atoms with E-state index in [9.17, 15) is 0 Å². The van der Waals surface area contributed by atoms with Crippen molar-refractivity contribution in [2.45, 2.75) is 26.4 Å². The summed E-state index contributed by atoms with van der Waals surface area (Å²) >= 11 is 6.09. The van der Waals surface area contributed by atoms with Crippen molar-refractivity contribution < 1.29 is 0 Å². The molecule has 4 heteroatoms. The smallest absolute Gasteiger partial charge is 0.126 e. The van der Waals surface area contributed by atoms with E-state index >= 15 is 0 Å². The van der Waals surface area contributed by atoms with Gasteiger partial charge in [0, 0.05) is 19.6 Å². The second-order valence-corrected chi connectivity index (χ2v) is 4.29. The molecular weight excluding hydrogens is 210 g/mol. The molecule has 1 heterocycles. The third kappa shape index (κ3) is 3.36. The Labute approximate surface area is 96.5 Å². The van der Waals surface area contributed by atoms with Gasteiger partial charge in [-0.1, -0.05) is 11.6 Å². The Morgan fingerprint density at radius 2 is 2.13 bits per heavy atom. The van der Waals surface area contributed by atoms with E-state index in [0.29, 0.717) is 6.04 Å². The largest absolute Gasteiger partial charge is 0.373 e. The first-order chi connectivity index (χ1) is 7.04. The molecule has 1 aromatic heterocycles. The SMILES string of the molecule is CNc1ccc(Cl)c(CN(C)C(C)C)n1. The Hall–Kier alpha value is -0.800. The number of hydrogen-bond acceptors (Lipinski definition) is 3. The fraction of sp³-hybridized carbons (Fsp3) is 0.545. The topological polar surface area (TPSA) is 28.2 Å². The summed E-state index contributed by atoms with van der Waals surface area (Å²) in [5.41, 5.74) is 0.916. The minimum absolute atomic E-state index is 0.487. The fourth-order valence-corrected chi connectivity index (χ4v) is 1.32. The number of nitrogens with one attached hydrogen (secondary N) is 1. The van der Waals surface area contributed by atoms with Crippen LogP contribution in [0.15, 0.2) is 12.1 Å². The molecule has 3 nitrogen and oxygen atoms in total. The molecule has 84 valence electrons. The van der Waals surface area contributed by atoms with Crippen molar-refractivity contribution in [3.8, 4) is 0 Å². The van der Waals surface area contributed by atoms with Gasteiger partial charge in [-0.3, -0.25) is 4.90 Å². The Balaban J connectivity index is 2.83. The Kier molecular flexibility index (Phi) is 4.36. The minimum atomic E-state index is 0.487. The molecule has 1 N–H and O–H groups in total. The van der Waals surface area contributed by atoms with E-state index in [1.807, 2.05) is 19.2 Å². The molecule has 1 aromatic rings. The number of anilines is 1. The molecule has 0 radical (unpaired) electrons. The van der Waals surface area contributed by atoms with Gasteiger partial charge in [0.05, 0.1) is 10.7 Å². The van der Waals surface area contributed by atoms with E-state index in [1.54, 1.807) is 0 Å². The molecule has 0 saturated heterocycles. The Bertz CT molecular complexity index is 326. The van der Waals surface area contributed by atoms with E-state index < -0.39 is 0 Å². The maximum Gasteiger partial charge on any atom is 0.126 e. The van der Waals surface area contributed by atoms with Gasteiger partial charge in [-0.15, -0.1) is 0 Å². The van der Waals surface area contributed by atoms with E-state index in [1.165, 1.54) is 0 Å². The van der Waals surface area contributed by atoms with Gasteiger partial charge < -0.3 is 5.32 Å². The van der Waals surface area contributed by atoms with Crippen LogP contribution in [-0.2, 0) is 6.54 Å². The normalized spacial score (nSPS) is 11.1. The Morgan fingerprint density at radius 1 is 1.47 bits per heavy atom. The highest BCUT2D eigenvalue weighted by atomic mass is 35.5. The van der Waals surface area contributed by atoms with Crippen LogP contribution in [0.5, 0.6) is 0 Å². The molecule has 0 bridgehead atoms. The van der Waals surface area contributed by atoms with Gasteiger partial charge >= 0.3 is 0 Å². The van der Waals surface area contributed by atoms with Gasteiger partial charge in [-0.25, -0.2) is 4.98 Å². The summed E-state index contributed by atoms with van der Waals surface area (Å²) in [5.74, 6) is 0.853. The van der Waals surface area contributed by atoms with Crippen LogP contribution in [0.1, 0.15) is 19.5 Å². The van der Waals surface area contributed by atoms with Crippen molar-refractivity contribution in [1.29, 1.82) is 0 Å². The average Bonchev–Trinajstić information content (AvgIpc) is 2.21. The molecule has 0 aliphatic heterocycles. The first-order valence-electron chi connectivity index (χ1n) is 5.08. The standard InChI is InChI=1S/C11H18ClN3/c1-8(2)15(4)7-10-9(12)5-6-11(13-3)14-10/h5-6,8H,7H2,1-4H3,(H,13,14). The second kappa shape index (κ2) is 5.33. The summed E-state index contributed by atoms with van der Waals surface area (Å²) in [6, 6.07) is 4.24. The van der Waals surface area contributed by atoms with E-state index in [2.05, 4.69) is 36.1 Å². The van der Waals surface area contributed by atoms with Crippen molar-refractivity contribution >= 4 is 17.4 Å². The van der Waals surface area contributed by atoms with Gasteiger partial charge in [0.1, 0.15) is 5.82 Å². The zero-order valence-electron chi connectivity index (χ0n) is 9.71. The number of hydrogen-bond donors (Lipinski definition) is 1. The van der Waals surface area contributed by atoms with Crippen LogP contribution in [-0.4, -0.2) is 30.0 Å². The highest BCUT2D eigenvalue weighted by Gasteiger charge is 2.09. The van der Waals surface area contributed by atoms with E-state index in [4.69, 9.17) is 11.6 Å². The molecule has 0 aliphatic rings. The third-order valence-corrected chi connectivity index (χ3v) is 2.80. The first-order valence-corrected chi connectivity index (χ1v) is 5.45. The van der Waals surface area contributed by atoms with Crippen LogP contribution in [0.25, 0.3) is 0 Å². The number of rotatable bonds is 4. The maximum atomic E-state index is 6.09. The predicted molar refractivity (Wildman–Crippen MR) is 65.4 cm³/mol. The molecular formula is C11H18ClN3. The van der Waals surface area contributed by atoms with Crippen molar-refractivity contribution in [2.75, 3.05) is 19.4 Å². The minimum Gasteiger partial charge on any atom is -0.373 e. The van der Waals surface area contributed by atoms with Gasteiger partial charge in [0.2, 0.25) is 0 Å². The highest BCUT2D eigenvalue weighted by molar-refractivity contribution is 6.31. The van der Waals surface area contributed by atoms with Gasteiger partial charge in [-0.05, 0) is 33.0 Å². The quantitative estimate of drug-likeness (QED) is 0.857. The van der Waals surface area contributed by atoms with E-state index in [0.717, 1.165) is 23.1 Å². The highest BCUT2D eigenvalue weighted by Crippen LogP contribution is 2.18. The van der Waals surface area contributed by atoms with Crippen molar-refractivity contribution in [3.05, 3.63) is 22.8 Å². The van der Waals surface area contributed by atoms with Gasteiger partial charge in [-0.2, -0.15) is 0 Å². The van der Waals surface area contributed by atoms with Crippen LogP contribution in [0.4, 0.5) is 5.82 Å². The van der Waals surface area contributed by atoms with Gasteiger partial charge in [0.15, 0.2) is 0 Å². The molecule has 0 unspecified atom stereocenters. The molecule has 0 aromatic carbocycles. The lowest BCUT2D eigenvalue weighted by atomic mass is 10.3. The lowest BCUT2D eigenvalue weighted by Crippen LogP contribution is -2.26. The second-order valence-electron chi connectivity index (χ2n) is 3.88. The van der Waals surface area contributed by atoms with Crippen LogP contribution < -0.4 is 5.32 Å². The zero-order chi connectivity index (χ0) is 11.4.